The second-order valence-corrected chi connectivity index (χ2v) is 4.44. The highest BCUT2D eigenvalue weighted by Crippen LogP contribution is 2.19. The Morgan fingerprint density at radius 2 is 2.17 bits per heavy atom. The first-order valence-corrected chi connectivity index (χ1v) is 5.48. The standard InChI is InChI=1S/C11H23N/c1-4-9(2)8-11-7-5-6-10(3)12-11/h9-12H,4-8H2,1-3H3. The molecule has 1 fully saturated rings. The van der Waals surface area contributed by atoms with Gasteiger partial charge in [-0.15, -0.1) is 0 Å². The molecule has 0 aromatic rings. The Morgan fingerprint density at radius 3 is 2.75 bits per heavy atom. The smallest absolute Gasteiger partial charge is 0.00720 e. The van der Waals surface area contributed by atoms with Gasteiger partial charge in [0, 0.05) is 12.1 Å². The van der Waals surface area contributed by atoms with Gasteiger partial charge in [0.15, 0.2) is 0 Å². The molecule has 0 spiro atoms. The van der Waals surface area contributed by atoms with Crippen LogP contribution in [-0.4, -0.2) is 12.1 Å². The largest absolute Gasteiger partial charge is 0.311 e. The predicted octanol–water partition coefficient (Wildman–Crippen LogP) is 2.95. The Labute approximate surface area is 76.9 Å². The van der Waals surface area contributed by atoms with Gasteiger partial charge in [0.25, 0.3) is 0 Å². The monoisotopic (exact) mass is 169 g/mol. The van der Waals surface area contributed by atoms with E-state index in [-0.39, 0.29) is 0 Å². The zero-order valence-corrected chi connectivity index (χ0v) is 8.77. The van der Waals surface area contributed by atoms with Crippen molar-refractivity contribution >= 4 is 0 Å². The SMILES string of the molecule is CCC(C)CC1CCCC(C)N1. The summed E-state index contributed by atoms with van der Waals surface area (Å²) in [4.78, 5) is 0. The van der Waals surface area contributed by atoms with Crippen LogP contribution in [-0.2, 0) is 0 Å². The molecule has 12 heavy (non-hydrogen) atoms. The Hall–Kier alpha value is -0.0400. The topological polar surface area (TPSA) is 12.0 Å². The highest BCUT2D eigenvalue weighted by Gasteiger charge is 2.18. The Balaban J connectivity index is 2.22. The first-order chi connectivity index (χ1) is 5.72. The Morgan fingerprint density at radius 1 is 1.42 bits per heavy atom. The molecule has 0 aliphatic carbocycles. The summed E-state index contributed by atoms with van der Waals surface area (Å²) in [5.74, 6) is 0.896. The maximum Gasteiger partial charge on any atom is 0.00720 e. The number of rotatable bonds is 3. The average molecular weight is 169 g/mol. The predicted molar refractivity (Wildman–Crippen MR) is 54.3 cm³/mol. The molecular weight excluding hydrogens is 146 g/mol. The van der Waals surface area contributed by atoms with E-state index in [1.807, 2.05) is 0 Å². The number of nitrogens with one attached hydrogen (secondary N) is 1. The molecule has 1 N–H and O–H groups in total. The lowest BCUT2D eigenvalue weighted by Gasteiger charge is -2.30. The van der Waals surface area contributed by atoms with Crippen LogP contribution in [0.15, 0.2) is 0 Å². The van der Waals surface area contributed by atoms with Gasteiger partial charge in [0.2, 0.25) is 0 Å². The fourth-order valence-corrected chi connectivity index (χ4v) is 2.08. The van der Waals surface area contributed by atoms with Crippen LogP contribution in [0.2, 0.25) is 0 Å². The first-order valence-electron chi connectivity index (χ1n) is 5.48. The molecule has 0 amide bonds. The Bertz CT molecular complexity index is 122. The molecule has 0 radical (unpaired) electrons. The average Bonchev–Trinajstić information content (AvgIpc) is 2.04. The molecule has 1 heteroatoms. The van der Waals surface area contributed by atoms with E-state index < -0.39 is 0 Å². The molecule has 0 aromatic heterocycles. The van der Waals surface area contributed by atoms with Crippen LogP contribution in [0.3, 0.4) is 0 Å². The molecule has 3 atom stereocenters. The van der Waals surface area contributed by atoms with Gasteiger partial charge in [0.1, 0.15) is 0 Å². The molecule has 1 aliphatic rings. The van der Waals surface area contributed by atoms with E-state index in [2.05, 4.69) is 26.1 Å². The number of piperidine rings is 1. The van der Waals surface area contributed by atoms with E-state index in [4.69, 9.17) is 0 Å². The molecule has 72 valence electrons. The van der Waals surface area contributed by atoms with Crippen molar-refractivity contribution in [2.75, 3.05) is 0 Å². The zero-order chi connectivity index (χ0) is 8.97. The molecule has 1 saturated heterocycles. The maximum atomic E-state index is 3.68. The normalized spacial score (nSPS) is 33.2. The number of hydrogen-bond acceptors (Lipinski definition) is 1. The molecule has 1 aliphatic heterocycles. The minimum atomic E-state index is 0.757. The highest BCUT2D eigenvalue weighted by atomic mass is 15.0. The third kappa shape index (κ3) is 3.14. The second kappa shape index (κ2) is 4.86. The van der Waals surface area contributed by atoms with Crippen LogP contribution >= 0.6 is 0 Å². The van der Waals surface area contributed by atoms with Gasteiger partial charge in [-0.2, -0.15) is 0 Å². The quantitative estimate of drug-likeness (QED) is 0.685. The minimum Gasteiger partial charge on any atom is -0.311 e. The fraction of sp³-hybridized carbons (Fsp3) is 1.00. The minimum absolute atomic E-state index is 0.757. The van der Waals surface area contributed by atoms with Crippen LogP contribution in [0.4, 0.5) is 0 Å². The Kier molecular flexibility index (Phi) is 4.07. The van der Waals surface area contributed by atoms with E-state index in [0.29, 0.717) is 0 Å². The lowest BCUT2D eigenvalue weighted by atomic mass is 9.91. The molecule has 3 unspecified atom stereocenters. The van der Waals surface area contributed by atoms with E-state index >= 15 is 0 Å². The summed E-state index contributed by atoms with van der Waals surface area (Å²) in [5, 5.41) is 3.68. The second-order valence-electron chi connectivity index (χ2n) is 4.44. The summed E-state index contributed by atoms with van der Waals surface area (Å²) in [6.45, 7) is 6.96. The van der Waals surface area contributed by atoms with E-state index in [1.165, 1.54) is 32.1 Å². The summed E-state index contributed by atoms with van der Waals surface area (Å²) in [6, 6.07) is 1.57. The molecule has 1 nitrogen and oxygen atoms in total. The highest BCUT2D eigenvalue weighted by molar-refractivity contribution is 4.78. The maximum absolute atomic E-state index is 3.68. The van der Waals surface area contributed by atoms with Gasteiger partial charge < -0.3 is 5.32 Å². The molecule has 1 heterocycles. The van der Waals surface area contributed by atoms with Crippen molar-refractivity contribution in [3.05, 3.63) is 0 Å². The van der Waals surface area contributed by atoms with Crippen LogP contribution < -0.4 is 5.32 Å². The van der Waals surface area contributed by atoms with E-state index in [0.717, 1.165) is 18.0 Å². The lowest BCUT2D eigenvalue weighted by Crippen LogP contribution is -2.41. The molecule has 1 rings (SSSR count). The number of hydrogen-bond donors (Lipinski definition) is 1. The summed E-state index contributed by atoms with van der Waals surface area (Å²) in [6.07, 6.45) is 6.90. The van der Waals surface area contributed by atoms with Crippen LogP contribution in [0.25, 0.3) is 0 Å². The van der Waals surface area contributed by atoms with Gasteiger partial charge in [-0.25, -0.2) is 0 Å². The van der Waals surface area contributed by atoms with Gasteiger partial charge in [-0.1, -0.05) is 26.7 Å². The first kappa shape index (κ1) is 10.0. The van der Waals surface area contributed by atoms with Gasteiger partial charge >= 0.3 is 0 Å². The van der Waals surface area contributed by atoms with Gasteiger partial charge in [0.05, 0.1) is 0 Å². The van der Waals surface area contributed by atoms with Gasteiger partial charge in [-0.05, 0) is 32.1 Å². The molecular formula is C11H23N. The third-order valence-corrected chi connectivity index (χ3v) is 3.09. The van der Waals surface area contributed by atoms with Gasteiger partial charge in [-0.3, -0.25) is 0 Å². The summed E-state index contributed by atoms with van der Waals surface area (Å²) < 4.78 is 0. The van der Waals surface area contributed by atoms with Crippen LogP contribution in [0, 0.1) is 5.92 Å². The molecule has 0 aromatic carbocycles. The van der Waals surface area contributed by atoms with Crippen molar-refractivity contribution in [1.82, 2.24) is 5.32 Å². The van der Waals surface area contributed by atoms with Crippen LogP contribution in [0.1, 0.15) is 52.9 Å². The van der Waals surface area contributed by atoms with Crippen molar-refractivity contribution < 1.29 is 0 Å². The van der Waals surface area contributed by atoms with Crippen LogP contribution in [0.5, 0.6) is 0 Å². The fourth-order valence-electron chi connectivity index (χ4n) is 2.08. The van der Waals surface area contributed by atoms with Crippen molar-refractivity contribution in [1.29, 1.82) is 0 Å². The van der Waals surface area contributed by atoms with E-state index in [1.54, 1.807) is 0 Å². The summed E-state index contributed by atoms with van der Waals surface area (Å²) >= 11 is 0. The summed E-state index contributed by atoms with van der Waals surface area (Å²) in [7, 11) is 0. The van der Waals surface area contributed by atoms with E-state index in [9.17, 15) is 0 Å². The molecule has 0 bridgehead atoms. The van der Waals surface area contributed by atoms with Crippen molar-refractivity contribution in [3.8, 4) is 0 Å². The van der Waals surface area contributed by atoms with Crippen molar-refractivity contribution in [2.24, 2.45) is 5.92 Å². The molecule has 0 saturated carbocycles. The zero-order valence-electron chi connectivity index (χ0n) is 8.77. The van der Waals surface area contributed by atoms with Crippen molar-refractivity contribution in [2.45, 2.75) is 65.0 Å². The lowest BCUT2D eigenvalue weighted by molar-refractivity contribution is 0.290. The van der Waals surface area contributed by atoms with Crippen molar-refractivity contribution in [3.63, 3.8) is 0 Å². The third-order valence-electron chi connectivity index (χ3n) is 3.09. The summed E-state index contributed by atoms with van der Waals surface area (Å²) in [5.41, 5.74) is 0.